The maximum Gasteiger partial charge on any atom is 0.472 e. The molecule has 0 heterocycles. The third kappa shape index (κ3) is 70.5. The molecule has 0 bridgehead atoms. The quantitative estimate of drug-likeness (QED) is 0.0222. The largest absolute Gasteiger partial charge is 0.472 e. The van der Waals surface area contributed by atoms with Crippen molar-refractivity contribution < 1.29 is 80.2 Å². The van der Waals surface area contributed by atoms with E-state index in [0.29, 0.717) is 25.7 Å². The van der Waals surface area contributed by atoms with E-state index in [1.165, 1.54) is 212 Å². The highest BCUT2D eigenvalue weighted by molar-refractivity contribution is 7.47. The van der Waals surface area contributed by atoms with Gasteiger partial charge in [-0.3, -0.25) is 37.3 Å². The Kier molecular flexibility index (Phi) is 67.4. The van der Waals surface area contributed by atoms with Gasteiger partial charge < -0.3 is 33.8 Å². The van der Waals surface area contributed by atoms with Gasteiger partial charge in [0, 0.05) is 25.7 Å². The Bertz CT molecular complexity index is 1860. The first-order valence-electron chi connectivity index (χ1n) is 40.0. The predicted octanol–water partition coefficient (Wildman–Crippen LogP) is 22.7. The lowest BCUT2D eigenvalue weighted by Crippen LogP contribution is -2.30. The normalized spacial score (nSPS) is 14.0. The van der Waals surface area contributed by atoms with Crippen LogP contribution in [0.15, 0.2) is 0 Å². The zero-order valence-corrected chi connectivity index (χ0v) is 64.5. The molecule has 5 atom stereocenters. The molecular weight excluding hydrogens is 1260 g/mol. The number of hydrogen-bond acceptors (Lipinski definition) is 15. The van der Waals surface area contributed by atoms with Crippen molar-refractivity contribution in [1.29, 1.82) is 0 Å². The van der Waals surface area contributed by atoms with Crippen LogP contribution in [0.25, 0.3) is 0 Å². The van der Waals surface area contributed by atoms with Crippen molar-refractivity contribution in [3.8, 4) is 0 Å². The molecule has 570 valence electrons. The van der Waals surface area contributed by atoms with Crippen LogP contribution in [0.5, 0.6) is 0 Å². The summed E-state index contributed by atoms with van der Waals surface area (Å²) in [7, 11) is -9.91. The number of carbonyl (C=O) groups excluding carboxylic acids is 4. The van der Waals surface area contributed by atoms with E-state index in [1.54, 1.807) is 0 Å². The monoisotopic (exact) mass is 1410 g/mol. The number of phosphoric acid groups is 2. The molecule has 0 aliphatic carbocycles. The molecule has 0 aromatic rings. The Morgan fingerprint density at radius 3 is 0.708 bits per heavy atom. The van der Waals surface area contributed by atoms with Crippen molar-refractivity contribution in [1.82, 2.24) is 0 Å². The van der Waals surface area contributed by atoms with Gasteiger partial charge in [0.25, 0.3) is 0 Å². The van der Waals surface area contributed by atoms with E-state index in [9.17, 15) is 43.2 Å². The maximum absolute atomic E-state index is 13.1. The number of aliphatic hydroxyl groups excluding tert-OH is 1. The lowest BCUT2D eigenvalue weighted by Gasteiger charge is -2.21. The van der Waals surface area contributed by atoms with Gasteiger partial charge in [-0.1, -0.05) is 350 Å². The molecule has 0 radical (unpaired) electrons. The summed E-state index contributed by atoms with van der Waals surface area (Å²) in [5, 5.41) is 10.6. The van der Waals surface area contributed by atoms with Crippen LogP contribution < -0.4 is 0 Å². The lowest BCUT2D eigenvalue weighted by atomic mass is 10.0. The van der Waals surface area contributed by atoms with Gasteiger partial charge in [-0.15, -0.1) is 0 Å². The highest BCUT2D eigenvalue weighted by Gasteiger charge is 2.30. The standard InChI is InChI=1S/C77H150O17P2/c1-7-9-11-13-15-17-18-31-37-43-49-55-61-76(81)93-72(65-87-74(79)59-53-47-41-16-14-12-10-8-2)67-91-95(83,84)89-63-71(78)64-90-96(85,86)92-68-73(94-77(82)62-56-50-44-38-33-28-24-20-22-26-30-35-40-46-52-58-70(5)6)66-88-75(80)60-54-48-42-36-32-27-23-19-21-25-29-34-39-45-51-57-69(3)4/h69-73,78H,7-68H2,1-6H3,(H,83,84)(H,85,86)/t71-,72+,73+/m0/s1. The van der Waals surface area contributed by atoms with Crippen molar-refractivity contribution in [3.63, 3.8) is 0 Å². The maximum atomic E-state index is 13.1. The van der Waals surface area contributed by atoms with Gasteiger partial charge in [-0.05, 0) is 37.5 Å². The zero-order chi connectivity index (χ0) is 70.7. The fourth-order valence-electron chi connectivity index (χ4n) is 11.8. The van der Waals surface area contributed by atoms with E-state index in [4.69, 9.17) is 37.0 Å². The molecule has 0 aromatic carbocycles. The van der Waals surface area contributed by atoms with Gasteiger partial charge in [-0.2, -0.15) is 0 Å². The summed E-state index contributed by atoms with van der Waals surface area (Å²) in [6, 6.07) is 0. The van der Waals surface area contributed by atoms with Crippen LogP contribution in [0.4, 0.5) is 0 Å². The van der Waals surface area contributed by atoms with Gasteiger partial charge in [-0.25, -0.2) is 9.13 Å². The Labute approximate surface area is 588 Å². The molecule has 0 aliphatic heterocycles. The number of hydrogen-bond donors (Lipinski definition) is 3. The van der Waals surface area contributed by atoms with E-state index in [0.717, 1.165) is 108 Å². The minimum absolute atomic E-state index is 0.107. The molecule has 0 aliphatic rings. The molecule has 0 rings (SSSR count). The molecule has 2 unspecified atom stereocenters. The number of unbranched alkanes of at least 4 members (excludes halogenated alkanes) is 46. The molecule has 19 heteroatoms. The van der Waals surface area contributed by atoms with Crippen LogP contribution in [0.2, 0.25) is 0 Å². The van der Waals surface area contributed by atoms with Gasteiger partial charge in [0.05, 0.1) is 26.4 Å². The van der Waals surface area contributed by atoms with E-state index >= 15 is 0 Å². The molecule has 96 heavy (non-hydrogen) atoms. The summed E-state index contributed by atoms with van der Waals surface area (Å²) in [6.07, 6.45) is 56.9. The number of phosphoric ester groups is 2. The second kappa shape index (κ2) is 68.8. The topological polar surface area (TPSA) is 237 Å². The van der Waals surface area contributed by atoms with Gasteiger partial charge in [0.2, 0.25) is 0 Å². The second-order valence-electron chi connectivity index (χ2n) is 28.7. The SMILES string of the molecule is CCCCCCCCCCCCCCC(=O)O[C@H](COC(=O)CCCCCCCCCC)COP(=O)(O)OC[C@H](O)COP(=O)(O)OC[C@@H](COC(=O)CCCCCCCCCCCCCCCCCC(C)C)OC(=O)CCCCCCCCCCCCCCCCCC(C)C. The van der Waals surface area contributed by atoms with Crippen LogP contribution in [-0.4, -0.2) is 96.7 Å². The first-order chi connectivity index (χ1) is 46.4. The summed E-state index contributed by atoms with van der Waals surface area (Å²) in [5.74, 6) is -0.506. The molecule has 0 spiro atoms. The zero-order valence-electron chi connectivity index (χ0n) is 62.7. The molecule has 0 saturated carbocycles. The van der Waals surface area contributed by atoms with Crippen LogP contribution in [0, 0.1) is 11.8 Å². The number of ether oxygens (including phenoxy) is 4. The molecule has 0 fully saturated rings. The molecule has 0 saturated heterocycles. The first kappa shape index (κ1) is 94.1. The Balaban J connectivity index is 5.20. The van der Waals surface area contributed by atoms with Crippen LogP contribution >= 0.6 is 15.6 Å². The summed E-state index contributed by atoms with van der Waals surface area (Å²) >= 11 is 0. The number of esters is 4. The highest BCUT2D eigenvalue weighted by atomic mass is 31.2. The van der Waals surface area contributed by atoms with E-state index in [1.807, 2.05) is 0 Å². The molecule has 0 amide bonds. The predicted molar refractivity (Wildman–Crippen MR) is 391 cm³/mol. The average Bonchev–Trinajstić information content (AvgIpc) is 2.58. The Hall–Kier alpha value is -1.94. The van der Waals surface area contributed by atoms with Crippen LogP contribution in [0.3, 0.4) is 0 Å². The molecule has 3 N–H and O–H groups in total. The minimum atomic E-state index is -4.96. The summed E-state index contributed by atoms with van der Waals surface area (Å²) in [6.45, 7) is 9.63. The van der Waals surface area contributed by atoms with Crippen molar-refractivity contribution in [2.75, 3.05) is 39.6 Å². The molecule has 17 nitrogen and oxygen atoms in total. The van der Waals surface area contributed by atoms with Crippen LogP contribution in [-0.2, 0) is 65.4 Å². The lowest BCUT2D eigenvalue weighted by molar-refractivity contribution is -0.161. The van der Waals surface area contributed by atoms with Crippen molar-refractivity contribution in [3.05, 3.63) is 0 Å². The third-order valence-electron chi connectivity index (χ3n) is 18.0. The van der Waals surface area contributed by atoms with Crippen LogP contribution in [0.1, 0.15) is 401 Å². The summed E-state index contributed by atoms with van der Waals surface area (Å²) in [5.41, 5.74) is 0. The Morgan fingerprint density at radius 1 is 0.281 bits per heavy atom. The fourth-order valence-corrected chi connectivity index (χ4v) is 13.4. The second-order valence-corrected chi connectivity index (χ2v) is 31.6. The van der Waals surface area contributed by atoms with E-state index in [-0.39, 0.29) is 25.7 Å². The van der Waals surface area contributed by atoms with Gasteiger partial charge in [0.15, 0.2) is 12.2 Å². The minimum Gasteiger partial charge on any atom is -0.462 e. The van der Waals surface area contributed by atoms with Crippen molar-refractivity contribution >= 4 is 39.5 Å². The number of aliphatic hydroxyl groups is 1. The van der Waals surface area contributed by atoms with E-state index < -0.39 is 97.5 Å². The first-order valence-corrected chi connectivity index (χ1v) is 43.0. The van der Waals surface area contributed by atoms with Gasteiger partial charge in [0.1, 0.15) is 19.3 Å². The summed E-state index contributed by atoms with van der Waals surface area (Å²) < 4.78 is 68.5. The third-order valence-corrected chi connectivity index (χ3v) is 19.9. The number of rotatable bonds is 76. The molecule has 0 aromatic heterocycles. The molecular formula is C77H150O17P2. The van der Waals surface area contributed by atoms with Gasteiger partial charge >= 0.3 is 39.5 Å². The van der Waals surface area contributed by atoms with Crippen molar-refractivity contribution in [2.45, 2.75) is 419 Å². The fraction of sp³-hybridized carbons (Fsp3) is 0.948. The van der Waals surface area contributed by atoms with E-state index in [2.05, 4.69) is 41.5 Å². The smallest absolute Gasteiger partial charge is 0.462 e. The average molecular weight is 1410 g/mol. The summed E-state index contributed by atoms with van der Waals surface area (Å²) in [4.78, 5) is 72.7. The number of carbonyl (C=O) groups is 4. The highest BCUT2D eigenvalue weighted by Crippen LogP contribution is 2.45. The van der Waals surface area contributed by atoms with Crippen molar-refractivity contribution in [2.24, 2.45) is 11.8 Å². The Morgan fingerprint density at radius 2 is 0.479 bits per heavy atom.